The zero-order chi connectivity index (χ0) is 14.8. The van der Waals surface area contributed by atoms with Gasteiger partial charge in [0, 0.05) is 0 Å². The van der Waals surface area contributed by atoms with Crippen molar-refractivity contribution in [1.82, 2.24) is 0 Å². The maximum Gasteiger partial charge on any atom is 0.309 e. The van der Waals surface area contributed by atoms with Gasteiger partial charge in [0.1, 0.15) is 5.75 Å². The molecule has 0 saturated heterocycles. The Labute approximate surface area is 123 Å². The Hall–Kier alpha value is -1.03. The Bertz CT molecular complexity index is 479. The Morgan fingerprint density at radius 2 is 2.00 bits per heavy atom. The van der Waals surface area contributed by atoms with Gasteiger partial charge in [0.25, 0.3) is 0 Å². The normalized spacial score (nSPS) is 11.7. The molecule has 0 amide bonds. The van der Waals surface area contributed by atoms with E-state index in [4.69, 9.17) is 4.74 Å². The van der Waals surface area contributed by atoms with Gasteiger partial charge in [-0.1, -0.05) is 19.9 Å². The van der Waals surface area contributed by atoms with Crippen LogP contribution >= 0.6 is 15.9 Å². The monoisotopic (exact) mass is 328 g/mol. The number of ether oxygens (including phenoxy) is 1. The van der Waals surface area contributed by atoms with Crippen LogP contribution < -0.4 is 4.74 Å². The molecule has 0 aliphatic heterocycles. The largest absolute Gasteiger partial charge is 0.495 e. The van der Waals surface area contributed by atoms with Crippen LogP contribution in [0.1, 0.15) is 44.7 Å². The second-order valence-corrected chi connectivity index (χ2v) is 6.57. The van der Waals surface area contributed by atoms with Crippen molar-refractivity contribution in [3.05, 3.63) is 27.7 Å². The smallest absolute Gasteiger partial charge is 0.309 e. The first-order chi connectivity index (χ1) is 8.69. The average Bonchev–Trinajstić information content (AvgIpc) is 2.27. The SMILES string of the molecule is COc1c(Br)cc(CC(C)(C)C(=O)O)cc1C(C)C. The maximum absolute atomic E-state index is 11.2. The van der Waals surface area contributed by atoms with Crippen molar-refractivity contribution in [3.63, 3.8) is 0 Å². The third-order valence-electron chi connectivity index (χ3n) is 3.18. The van der Waals surface area contributed by atoms with Gasteiger partial charge in [0.2, 0.25) is 0 Å². The van der Waals surface area contributed by atoms with Gasteiger partial charge in [-0.25, -0.2) is 0 Å². The standard InChI is InChI=1S/C15H21BrO3/c1-9(2)11-6-10(7-12(16)13(11)19-5)8-15(3,4)14(17)18/h6-7,9H,8H2,1-5H3,(H,17,18). The first-order valence-electron chi connectivity index (χ1n) is 6.28. The second kappa shape index (κ2) is 5.95. The highest BCUT2D eigenvalue weighted by Crippen LogP contribution is 2.36. The number of hydrogen-bond donors (Lipinski definition) is 1. The minimum Gasteiger partial charge on any atom is -0.495 e. The molecule has 0 radical (unpaired) electrons. The minimum atomic E-state index is -0.787. The molecule has 0 aromatic heterocycles. The Balaban J connectivity index is 3.21. The van der Waals surface area contributed by atoms with Gasteiger partial charge in [-0.2, -0.15) is 0 Å². The Morgan fingerprint density at radius 3 is 2.42 bits per heavy atom. The fourth-order valence-electron chi connectivity index (χ4n) is 2.01. The quantitative estimate of drug-likeness (QED) is 0.879. The molecule has 0 spiro atoms. The number of carbonyl (C=O) groups is 1. The molecule has 0 bridgehead atoms. The predicted molar refractivity (Wildman–Crippen MR) is 79.9 cm³/mol. The lowest BCUT2D eigenvalue weighted by Gasteiger charge is -2.21. The summed E-state index contributed by atoms with van der Waals surface area (Å²) in [6.45, 7) is 7.66. The van der Waals surface area contributed by atoms with Crippen molar-refractivity contribution in [2.75, 3.05) is 7.11 Å². The molecular weight excluding hydrogens is 308 g/mol. The van der Waals surface area contributed by atoms with E-state index in [1.54, 1.807) is 21.0 Å². The van der Waals surface area contributed by atoms with E-state index in [-0.39, 0.29) is 0 Å². The number of halogens is 1. The third kappa shape index (κ3) is 3.72. The summed E-state index contributed by atoms with van der Waals surface area (Å²) >= 11 is 3.50. The molecule has 0 atom stereocenters. The highest BCUT2D eigenvalue weighted by molar-refractivity contribution is 9.10. The summed E-state index contributed by atoms with van der Waals surface area (Å²) in [7, 11) is 1.65. The summed E-state index contributed by atoms with van der Waals surface area (Å²) in [6, 6.07) is 3.98. The molecule has 0 unspecified atom stereocenters. The van der Waals surface area contributed by atoms with Crippen molar-refractivity contribution in [3.8, 4) is 5.75 Å². The molecule has 4 heteroatoms. The Kier molecular flexibility index (Phi) is 5.02. The molecule has 106 valence electrons. The lowest BCUT2D eigenvalue weighted by atomic mass is 9.85. The summed E-state index contributed by atoms with van der Waals surface area (Å²) in [4.78, 5) is 11.2. The highest BCUT2D eigenvalue weighted by Gasteiger charge is 2.28. The van der Waals surface area contributed by atoms with E-state index < -0.39 is 11.4 Å². The van der Waals surface area contributed by atoms with Gasteiger partial charge >= 0.3 is 5.97 Å². The number of methoxy groups -OCH3 is 1. The molecule has 0 aliphatic rings. The summed E-state index contributed by atoms with van der Waals surface area (Å²) in [5.74, 6) is 0.358. The lowest BCUT2D eigenvalue weighted by molar-refractivity contribution is -0.146. The number of hydrogen-bond acceptors (Lipinski definition) is 2. The van der Waals surface area contributed by atoms with Crippen LogP contribution in [0.2, 0.25) is 0 Å². The number of aliphatic carboxylic acids is 1. The topological polar surface area (TPSA) is 46.5 Å². The number of rotatable bonds is 5. The average molecular weight is 329 g/mol. The fraction of sp³-hybridized carbons (Fsp3) is 0.533. The molecular formula is C15H21BrO3. The van der Waals surface area contributed by atoms with E-state index in [0.29, 0.717) is 12.3 Å². The second-order valence-electron chi connectivity index (χ2n) is 5.72. The minimum absolute atomic E-state index is 0.319. The molecule has 1 rings (SSSR count). The van der Waals surface area contributed by atoms with Crippen molar-refractivity contribution in [1.29, 1.82) is 0 Å². The van der Waals surface area contributed by atoms with Crippen LogP contribution in [-0.2, 0) is 11.2 Å². The first-order valence-corrected chi connectivity index (χ1v) is 7.08. The van der Waals surface area contributed by atoms with E-state index in [1.165, 1.54) is 0 Å². The van der Waals surface area contributed by atoms with Crippen LogP contribution in [0.15, 0.2) is 16.6 Å². The molecule has 0 fully saturated rings. The van der Waals surface area contributed by atoms with Crippen molar-refractivity contribution in [2.24, 2.45) is 5.41 Å². The van der Waals surface area contributed by atoms with E-state index in [1.807, 2.05) is 12.1 Å². The third-order valence-corrected chi connectivity index (χ3v) is 3.77. The number of carboxylic acids is 1. The Morgan fingerprint density at radius 1 is 1.42 bits per heavy atom. The predicted octanol–water partition coefficient (Wildman–Crippen LogP) is 4.23. The van der Waals surface area contributed by atoms with Crippen LogP contribution in [0.25, 0.3) is 0 Å². The lowest BCUT2D eigenvalue weighted by Crippen LogP contribution is -2.26. The van der Waals surface area contributed by atoms with Gasteiger partial charge in [0.05, 0.1) is 17.0 Å². The molecule has 0 aliphatic carbocycles. The summed E-state index contributed by atoms with van der Waals surface area (Å²) in [6.07, 6.45) is 0.491. The van der Waals surface area contributed by atoms with Gasteiger partial charge in [-0.3, -0.25) is 4.79 Å². The maximum atomic E-state index is 11.2. The fourth-order valence-corrected chi connectivity index (χ4v) is 2.69. The van der Waals surface area contributed by atoms with Gasteiger partial charge in [-0.15, -0.1) is 0 Å². The molecule has 1 aromatic rings. The molecule has 3 nitrogen and oxygen atoms in total. The molecule has 0 saturated carbocycles. The van der Waals surface area contributed by atoms with Crippen LogP contribution in [0.3, 0.4) is 0 Å². The zero-order valence-corrected chi connectivity index (χ0v) is 13.7. The molecule has 1 aromatic carbocycles. The van der Waals surface area contributed by atoms with E-state index in [0.717, 1.165) is 21.3 Å². The van der Waals surface area contributed by atoms with E-state index >= 15 is 0 Å². The van der Waals surface area contributed by atoms with E-state index in [2.05, 4.69) is 29.8 Å². The van der Waals surface area contributed by atoms with Crippen molar-refractivity contribution >= 4 is 21.9 Å². The number of benzene rings is 1. The van der Waals surface area contributed by atoms with Crippen molar-refractivity contribution < 1.29 is 14.6 Å². The van der Waals surface area contributed by atoms with Crippen LogP contribution in [0.5, 0.6) is 5.75 Å². The highest BCUT2D eigenvalue weighted by atomic mass is 79.9. The van der Waals surface area contributed by atoms with Gasteiger partial charge in [-0.05, 0) is 59.3 Å². The molecule has 1 N–H and O–H groups in total. The van der Waals surface area contributed by atoms with Gasteiger partial charge < -0.3 is 9.84 Å². The zero-order valence-electron chi connectivity index (χ0n) is 12.1. The summed E-state index contributed by atoms with van der Waals surface area (Å²) in [5, 5.41) is 9.21. The van der Waals surface area contributed by atoms with E-state index in [9.17, 15) is 9.90 Å². The summed E-state index contributed by atoms with van der Waals surface area (Å²) in [5.41, 5.74) is 1.32. The summed E-state index contributed by atoms with van der Waals surface area (Å²) < 4.78 is 6.28. The van der Waals surface area contributed by atoms with Gasteiger partial charge in [0.15, 0.2) is 0 Å². The number of carboxylic acid groups (broad SMARTS) is 1. The van der Waals surface area contributed by atoms with Crippen LogP contribution in [0.4, 0.5) is 0 Å². The van der Waals surface area contributed by atoms with Crippen molar-refractivity contribution in [2.45, 2.75) is 40.0 Å². The molecule has 0 heterocycles. The molecule has 19 heavy (non-hydrogen) atoms. The van der Waals surface area contributed by atoms with Crippen LogP contribution in [-0.4, -0.2) is 18.2 Å². The first kappa shape index (κ1) is 16.0. The van der Waals surface area contributed by atoms with Crippen LogP contribution in [0, 0.1) is 5.41 Å².